The first-order valence-electron chi connectivity index (χ1n) is 6.71. The molecule has 0 aromatic rings. The lowest BCUT2D eigenvalue weighted by atomic mass is 9.67. The van der Waals surface area contributed by atoms with Crippen LogP contribution in [0.2, 0.25) is 0 Å². The third-order valence-electron chi connectivity index (χ3n) is 6.16. The Morgan fingerprint density at radius 2 is 1.93 bits per heavy atom. The molecule has 15 heavy (non-hydrogen) atoms. The van der Waals surface area contributed by atoms with E-state index >= 15 is 0 Å². The predicted molar refractivity (Wildman–Crippen MR) is 64.5 cm³/mol. The third kappa shape index (κ3) is 1.04. The molecule has 0 nitrogen and oxygen atoms in total. The summed E-state index contributed by atoms with van der Waals surface area (Å²) < 4.78 is 0. The second-order valence-electron chi connectivity index (χ2n) is 6.76. The summed E-state index contributed by atoms with van der Waals surface area (Å²) in [5.74, 6) is 4.84. The van der Waals surface area contributed by atoms with Crippen LogP contribution < -0.4 is 0 Å². The van der Waals surface area contributed by atoms with Gasteiger partial charge in [0.15, 0.2) is 0 Å². The van der Waals surface area contributed by atoms with Gasteiger partial charge in [0.25, 0.3) is 0 Å². The van der Waals surface area contributed by atoms with Crippen molar-refractivity contribution in [3.63, 3.8) is 0 Å². The van der Waals surface area contributed by atoms with Crippen molar-refractivity contribution in [2.45, 2.75) is 46.5 Å². The molecular formula is C15H24. The van der Waals surface area contributed by atoms with Crippen molar-refractivity contribution in [3.05, 3.63) is 12.2 Å². The van der Waals surface area contributed by atoms with Gasteiger partial charge in [0.1, 0.15) is 0 Å². The van der Waals surface area contributed by atoms with Gasteiger partial charge in [-0.05, 0) is 61.2 Å². The smallest absolute Gasteiger partial charge is 0.0141 e. The molecule has 6 atom stereocenters. The standard InChI is InChI=1S/C15H24/c1-9(2)13-12-7-8-15(12,4)11-6-5-10(3)14(11)13/h10-14H,1,5-8H2,2-4H3/t10-,11+,12+,13-,14-,15-/m1/s1/i2+1,5+1,8+1. The average molecular weight is 207 g/mol. The first kappa shape index (κ1) is 9.93. The second-order valence-corrected chi connectivity index (χ2v) is 6.76. The van der Waals surface area contributed by atoms with Crippen molar-refractivity contribution in [2.24, 2.45) is 35.0 Å². The largest absolute Gasteiger partial charge is 0.0998 e. The van der Waals surface area contributed by atoms with Crippen LogP contribution in [0.25, 0.3) is 0 Å². The van der Waals surface area contributed by atoms with Crippen LogP contribution in [0.3, 0.4) is 0 Å². The molecule has 0 aromatic heterocycles. The fourth-order valence-corrected chi connectivity index (χ4v) is 5.35. The van der Waals surface area contributed by atoms with Crippen molar-refractivity contribution in [2.75, 3.05) is 0 Å². The molecule has 3 fully saturated rings. The van der Waals surface area contributed by atoms with Crippen LogP contribution in [-0.4, -0.2) is 0 Å². The van der Waals surface area contributed by atoms with Gasteiger partial charge in [-0.2, -0.15) is 0 Å². The third-order valence-corrected chi connectivity index (χ3v) is 6.16. The molecule has 3 rings (SSSR count). The molecule has 0 radical (unpaired) electrons. The van der Waals surface area contributed by atoms with E-state index in [1.54, 1.807) is 0 Å². The quantitative estimate of drug-likeness (QED) is 0.445. The van der Waals surface area contributed by atoms with E-state index in [1.807, 2.05) is 0 Å². The first-order valence-corrected chi connectivity index (χ1v) is 6.71. The minimum atomic E-state index is 0.707. The lowest BCUT2D eigenvalue weighted by Gasteiger charge is -2.47. The van der Waals surface area contributed by atoms with Gasteiger partial charge in [-0.15, -0.1) is 0 Å². The lowest BCUT2D eigenvalue weighted by Crippen LogP contribution is -2.39. The summed E-state index contributed by atoms with van der Waals surface area (Å²) in [6.07, 6.45) is 5.95. The Hall–Kier alpha value is -0.260. The Morgan fingerprint density at radius 3 is 2.47 bits per heavy atom. The van der Waals surface area contributed by atoms with Gasteiger partial charge in [0, 0.05) is 0 Å². The number of rotatable bonds is 1. The molecule has 0 aliphatic heterocycles. The van der Waals surface area contributed by atoms with Gasteiger partial charge in [-0.1, -0.05) is 32.4 Å². The Morgan fingerprint density at radius 1 is 1.20 bits per heavy atom. The summed E-state index contributed by atoms with van der Waals surface area (Å²) in [5.41, 5.74) is 2.19. The SMILES string of the molecule is C=C([13CH3])[C@H]1[C@@H]2[C@H](C)[13CH2]C[C@@H]2[C@@]2(C)[13CH2]C[C@@H]12. The molecule has 0 unspecified atom stereocenters. The highest BCUT2D eigenvalue weighted by Gasteiger charge is 2.64. The van der Waals surface area contributed by atoms with E-state index in [1.165, 1.54) is 31.3 Å². The van der Waals surface area contributed by atoms with Crippen LogP contribution in [0.5, 0.6) is 0 Å². The highest BCUT2D eigenvalue weighted by Crippen LogP contribution is 2.71. The Bertz CT molecular complexity index is 303. The van der Waals surface area contributed by atoms with E-state index in [0.717, 1.165) is 29.6 Å². The zero-order valence-electron chi connectivity index (χ0n) is 10.4. The molecule has 0 bridgehead atoms. The number of fused-ring (bicyclic) bond motifs is 3. The minimum Gasteiger partial charge on any atom is -0.0998 e. The Kier molecular flexibility index (Phi) is 1.92. The number of hydrogen-bond acceptors (Lipinski definition) is 0. The van der Waals surface area contributed by atoms with Crippen molar-refractivity contribution in [1.82, 2.24) is 0 Å². The normalized spacial score (nSPS) is 57.1. The summed E-state index contributed by atoms with van der Waals surface area (Å²) in [4.78, 5) is 0. The van der Waals surface area contributed by atoms with Crippen molar-refractivity contribution in [1.29, 1.82) is 0 Å². The zero-order valence-corrected chi connectivity index (χ0v) is 10.4. The van der Waals surface area contributed by atoms with Gasteiger partial charge in [0.2, 0.25) is 0 Å². The van der Waals surface area contributed by atoms with Crippen LogP contribution in [-0.2, 0) is 0 Å². The molecular weight excluding hydrogens is 183 g/mol. The molecule has 0 heteroatoms. The maximum atomic E-state index is 4.28. The second kappa shape index (κ2) is 2.90. The molecule has 0 N–H and O–H groups in total. The molecule has 0 spiro atoms. The van der Waals surface area contributed by atoms with Crippen LogP contribution in [0.4, 0.5) is 0 Å². The molecule has 3 aliphatic carbocycles. The molecule has 0 amide bonds. The monoisotopic (exact) mass is 207 g/mol. The number of hydrogen-bond donors (Lipinski definition) is 0. The maximum absolute atomic E-state index is 4.28. The van der Waals surface area contributed by atoms with Crippen LogP contribution in [0.1, 0.15) is 46.5 Å². The molecule has 0 aromatic carbocycles. The molecule has 0 heterocycles. The zero-order chi connectivity index (χ0) is 10.8. The topological polar surface area (TPSA) is 0 Å². The fraction of sp³-hybridized carbons (Fsp3) is 0.867. The van der Waals surface area contributed by atoms with E-state index in [-0.39, 0.29) is 0 Å². The molecule has 0 saturated heterocycles. The van der Waals surface area contributed by atoms with Crippen LogP contribution in [0.15, 0.2) is 12.2 Å². The van der Waals surface area contributed by atoms with E-state index in [4.69, 9.17) is 0 Å². The van der Waals surface area contributed by atoms with Gasteiger partial charge < -0.3 is 0 Å². The van der Waals surface area contributed by atoms with Gasteiger partial charge >= 0.3 is 0 Å². The molecule has 84 valence electrons. The maximum Gasteiger partial charge on any atom is -0.0141 e. The van der Waals surface area contributed by atoms with Crippen molar-refractivity contribution >= 4 is 0 Å². The predicted octanol–water partition coefficient (Wildman–Crippen LogP) is 4.27. The van der Waals surface area contributed by atoms with Gasteiger partial charge in [-0.25, -0.2) is 0 Å². The molecule has 3 aliphatic rings. The van der Waals surface area contributed by atoms with Crippen LogP contribution in [0, 0.1) is 35.0 Å². The highest BCUT2D eigenvalue weighted by molar-refractivity contribution is 5.19. The van der Waals surface area contributed by atoms with E-state index in [0.29, 0.717) is 5.41 Å². The summed E-state index contributed by atoms with van der Waals surface area (Å²) >= 11 is 0. The van der Waals surface area contributed by atoms with Crippen molar-refractivity contribution in [3.8, 4) is 0 Å². The number of allylic oxidation sites excluding steroid dienone is 1. The average Bonchev–Trinajstić information content (AvgIpc) is 2.59. The van der Waals surface area contributed by atoms with Gasteiger partial charge in [-0.3, -0.25) is 0 Å². The molecule has 3 saturated carbocycles. The Labute approximate surface area is 94.1 Å². The summed E-state index contributed by atoms with van der Waals surface area (Å²) in [6, 6.07) is 0. The fourth-order valence-electron chi connectivity index (χ4n) is 5.35. The summed E-state index contributed by atoms with van der Waals surface area (Å²) in [7, 11) is 0. The van der Waals surface area contributed by atoms with Gasteiger partial charge in [0.05, 0.1) is 0 Å². The summed E-state index contributed by atoms with van der Waals surface area (Å²) in [6.45, 7) is 11.6. The van der Waals surface area contributed by atoms with E-state index < -0.39 is 0 Å². The van der Waals surface area contributed by atoms with Crippen LogP contribution >= 0.6 is 0 Å². The minimum absolute atomic E-state index is 0.707. The lowest BCUT2D eigenvalue weighted by molar-refractivity contribution is 0.0272. The highest BCUT2D eigenvalue weighted by atomic mass is 14.8. The van der Waals surface area contributed by atoms with E-state index in [2.05, 4.69) is 27.4 Å². The van der Waals surface area contributed by atoms with E-state index in [9.17, 15) is 0 Å². The first-order chi connectivity index (χ1) is 7.05. The summed E-state index contributed by atoms with van der Waals surface area (Å²) in [5, 5.41) is 0. The Balaban J connectivity index is 1.99. The van der Waals surface area contributed by atoms with Crippen molar-refractivity contribution < 1.29 is 0 Å².